The molecule has 2 aromatic heterocycles. The minimum Gasteiger partial charge on any atom is -0.455 e. The molecule has 0 bridgehead atoms. The summed E-state index contributed by atoms with van der Waals surface area (Å²) in [6.45, 7) is 0. The van der Waals surface area contributed by atoms with E-state index in [-0.39, 0.29) is 0 Å². The molecular formula is C62H41N2O2P. The summed E-state index contributed by atoms with van der Waals surface area (Å²) in [5.74, 6) is 0.701. The van der Waals surface area contributed by atoms with Crippen LogP contribution in [0.1, 0.15) is 0 Å². The van der Waals surface area contributed by atoms with Gasteiger partial charge in [0.2, 0.25) is 0 Å². The molecule has 10 aromatic carbocycles. The lowest BCUT2D eigenvalue weighted by atomic mass is 9.92. The average Bonchev–Trinajstić information content (AvgIpc) is 3.81. The Morgan fingerprint density at radius 1 is 0.328 bits per heavy atom. The Balaban J connectivity index is 0.899. The van der Waals surface area contributed by atoms with Crippen LogP contribution in [0.5, 0.6) is 0 Å². The fourth-order valence-electron chi connectivity index (χ4n) is 9.45. The Morgan fingerprint density at radius 2 is 0.776 bits per heavy atom. The number of furan rings is 1. The van der Waals surface area contributed by atoms with Crippen molar-refractivity contribution in [2.45, 2.75) is 0 Å². The van der Waals surface area contributed by atoms with Gasteiger partial charge in [0.15, 0.2) is 13.0 Å². The summed E-state index contributed by atoms with van der Waals surface area (Å²) >= 11 is 0. The van der Waals surface area contributed by atoms with Gasteiger partial charge in [0, 0.05) is 48.8 Å². The van der Waals surface area contributed by atoms with Gasteiger partial charge in [-0.3, -0.25) is 0 Å². The van der Waals surface area contributed by atoms with Crippen molar-refractivity contribution in [2.75, 3.05) is 0 Å². The van der Waals surface area contributed by atoms with Gasteiger partial charge < -0.3 is 8.98 Å². The molecule has 0 aliphatic rings. The summed E-state index contributed by atoms with van der Waals surface area (Å²) in [6.07, 6.45) is 0. The second kappa shape index (κ2) is 16.8. The zero-order valence-electron chi connectivity index (χ0n) is 36.3. The van der Waals surface area contributed by atoms with Gasteiger partial charge in [0.25, 0.3) is 0 Å². The molecule has 0 N–H and O–H groups in total. The molecule has 0 aliphatic carbocycles. The molecule has 5 heteroatoms. The molecule has 0 amide bonds. The highest BCUT2D eigenvalue weighted by Gasteiger charge is 2.29. The van der Waals surface area contributed by atoms with E-state index in [1.54, 1.807) is 0 Å². The van der Waals surface area contributed by atoms with Gasteiger partial charge in [-0.05, 0) is 57.0 Å². The molecule has 67 heavy (non-hydrogen) atoms. The van der Waals surface area contributed by atoms with E-state index in [2.05, 4.69) is 140 Å². The van der Waals surface area contributed by atoms with Crippen molar-refractivity contribution in [3.8, 4) is 67.3 Å². The van der Waals surface area contributed by atoms with Gasteiger partial charge in [-0.2, -0.15) is 0 Å². The first-order valence-electron chi connectivity index (χ1n) is 22.5. The van der Waals surface area contributed by atoms with Gasteiger partial charge in [0.1, 0.15) is 11.2 Å². The van der Waals surface area contributed by atoms with Gasteiger partial charge in [0.05, 0.1) is 11.4 Å². The fourth-order valence-corrected chi connectivity index (χ4v) is 12.1. The van der Waals surface area contributed by atoms with Crippen molar-refractivity contribution >= 4 is 55.8 Å². The molecule has 316 valence electrons. The Hall–Kier alpha value is -8.43. The standard InChI is InChI=1S/C62H41N2O2P/c65-67(49-20-9-3-10-21-49,50-22-11-4-12-23-50)51-38-36-44(37-39-51)52-26-15-27-59-60(52)56-40-55(53-24-13-14-25-54(53)61(56)66-59)45-32-28-42(29-33-45)43-30-34-47(35-31-43)58-41-57(46-16-5-1-6-17-46)63-62(64-58)48-18-7-2-8-19-48/h1-41H. The summed E-state index contributed by atoms with van der Waals surface area (Å²) in [5, 5.41) is 6.73. The van der Waals surface area contributed by atoms with E-state index in [9.17, 15) is 0 Å². The lowest BCUT2D eigenvalue weighted by Crippen LogP contribution is -2.24. The van der Waals surface area contributed by atoms with Crippen LogP contribution in [0.4, 0.5) is 0 Å². The van der Waals surface area contributed by atoms with E-state index in [1.165, 1.54) is 0 Å². The maximum Gasteiger partial charge on any atom is 0.171 e. The van der Waals surface area contributed by atoms with Crippen LogP contribution in [-0.2, 0) is 4.57 Å². The van der Waals surface area contributed by atoms with Gasteiger partial charge >= 0.3 is 0 Å². The van der Waals surface area contributed by atoms with Crippen molar-refractivity contribution in [3.63, 3.8) is 0 Å². The topological polar surface area (TPSA) is 56.0 Å². The highest BCUT2D eigenvalue weighted by atomic mass is 31.2. The maximum absolute atomic E-state index is 15.2. The highest BCUT2D eigenvalue weighted by molar-refractivity contribution is 7.85. The van der Waals surface area contributed by atoms with E-state index in [1.807, 2.05) is 109 Å². The minimum atomic E-state index is -3.12. The first-order valence-corrected chi connectivity index (χ1v) is 24.2. The van der Waals surface area contributed by atoms with E-state index >= 15 is 4.57 Å². The lowest BCUT2D eigenvalue weighted by molar-refractivity contribution is 0.592. The Labute approximate surface area is 388 Å². The molecule has 0 fully saturated rings. The van der Waals surface area contributed by atoms with E-state index < -0.39 is 7.14 Å². The number of benzene rings is 10. The Kier molecular flexibility index (Phi) is 10.1. The Bertz CT molecular complexity index is 3680. The van der Waals surface area contributed by atoms with Crippen LogP contribution in [0.3, 0.4) is 0 Å². The predicted molar refractivity (Wildman–Crippen MR) is 279 cm³/mol. The number of fused-ring (bicyclic) bond motifs is 5. The summed E-state index contributed by atoms with van der Waals surface area (Å²) < 4.78 is 21.9. The SMILES string of the molecule is O=P(c1ccccc1)(c1ccccc1)c1ccc(-c2cccc3oc4c5ccccc5c(-c5ccc(-c6ccc(-c7cc(-c8ccccc8)nc(-c8ccccc8)n7)cc6)cc5)cc4c23)cc1. The van der Waals surface area contributed by atoms with Crippen LogP contribution in [0.25, 0.3) is 100.0 Å². The number of hydrogen-bond donors (Lipinski definition) is 0. The maximum atomic E-state index is 15.2. The van der Waals surface area contributed by atoms with Crippen LogP contribution in [0.2, 0.25) is 0 Å². The van der Waals surface area contributed by atoms with Crippen LogP contribution in [-0.4, -0.2) is 9.97 Å². The first kappa shape index (κ1) is 40.1. The molecule has 2 heterocycles. The number of aromatic nitrogens is 2. The largest absolute Gasteiger partial charge is 0.455 e. The second-order valence-corrected chi connectivity index (χ2v) is 19.6. The summed E-state index contributed by atoms with van der Waals surface area (Å²) in [6, 6.07) is 85.0. The zero-order valence-corrected chi connectivity index (χ0v) is 37.2. The summed E-state index contributed by atoms with van der Waals surface area (Å²) in [5.41, 5.74) is 13.1. The quantitative estimate of drug-likeness (QED) is 0.136. The Morgan fingerprint density at radius 3 is 1.37 bits per heavy atom. The summed E-state index contributed by atoms with van der Waals surface area (Å²) in [7, 11) is -3.12. The molecule has 0 aliphatic heterocycles. The molecule has 4 nitrogen and oxygen atoms in total. The van der Waals surface area contributed by atoms with Crippen molar-refractivity contribution in [2.24, 2.45) is 0 Å². The molecule has 0 spiro atoms. The number of hydrogen-bond acceptors (Lipinski definition) is 4. The lowest BCUT2D eigenvalue weighted by Gasteiger charge is -2.20. The minimum absolute atomic E-state index is 0.701. The smallest absolute Gasteiger partial charge is 0.171 e. The molecule has 12 aromatic rings. The second-order valence-electron chi connectivity index (χ2n) is 16.8. The van der Waals surface area contributed by atoms with Crippen LogP contribution in [0, 0.1) is 0 Å². The van der Waals surface area contributed by atoms with Crippen LogP contribution >= 0.6 is 7.14 Å². The number of rotatable bonds is 9. The molecular weight excluding hydrogens is 836 g/mol. The van der Waals surface area contributed by atoms with E-state index in [0.29, 0.717) is 5.82 Å². The average molecular weight is 877 g/mol. The third kappa shape index (κ3) is 7.25. The number of nitrogens with zero attached hydrogens (tertiary/aromatic N) is 2. The van der Waals surface area contributed by atoms with Gasteiger partial charge in [-0.1, -0.05) is 231 Å². The first-order chi connectivity index (χ1) is 33.1. The molecule has 0 saturated carbocycles. The van der Waals surface area contributed by atoms with Crippen molar-refractivity contribution < 1.29 is 8.98 Å². The molecule has 0 radical (unpaired) electrons. The van der Waals surface area contributed by atoms with Crippen LogP contribution in [0.15, 0.2) is 253 Å². The van der Waals surface area contributed by atoms with Gasteiger partial charge in [-0.25, -0.2) is 9.97 Å². The normalized spacial score (nSPS) is 11.6. The van der Waals surface area contributed by atoms with E-state index in [0.717, 1.165) is 110 Å². The van der Waals surface area contributed by atoms with Crippen LogP contribution < -0.4 is 15.9 Å². The van der Waals surface area contributed by atoms with Crippen molar-refractivity contribution in [1.82, 2.24) is 9.97 Å². The monoisotopic (exact) mass is 876 g/mol. The summed E-state index contributed by atoms with van der Waals surface area (Å²) in [4.78, 5) is 10.0. The van der Waals surface area contributed by atoms with Crippen molar-refractivity contribution in [1.29, 1.82) is 0 Å². The molecule has 12 rings (SSSR count). The third-order valence-electron chi connectivity index (χ3n) is 12.8. The fraction of sp³-hybridized carbons (Fsp3) is 0. The molecule has 0 saturated heterocycles. The predicted octanol–water partition coefficient (Wildman–Crippen LogP) is 15.2. The highest BCUT2D eigenvalue weighted by Crippen LogP contribution is 2.45. The molecule has 0 atom stereocenters. The van der Waals surface area contributed by atoms with E-state index in [4.69, 9.17) is 14.4 Å². The van der Waals surface area contributed by atoms with Gasteiger partial charge in [-0.15, -0.1) is 0 Å². The zero-order chi connectivity index (χ0) is 44.7. The third-order valence-corrected chi connectivity index (χ3v) is 15.9. The van der Waals surface area contributed by atoms with Crippen molar-refractivity contribution in [3.05, 3.63) is 249 Å². The molecule has 0 unspecified atom stereocenters.